The zero-order chi connectivity index (χ0) is 19.7. The Morgan fingerprint density at radius 1 is 1.04 bits per heavy atom. The molecule has 0 atom stereocenters. The summed E-state index contributed by atoms with van der Waals surface area (Å²) in [6.45, 7) is -0.219. The molecule has 2 heterocycles. The number of aromatic nitrogens is 2. The van der Waals surface area contributed by atoms with Crippen LogP contribution in [0.3, 0.4) is 0 Å². The first-order valence-corrected chi connectivity index (χ1v) is 9.17. The summed E-state index contributed by atoms with van der Waals surface area (Å²) in [6.07, 6.45) is 1.31. The average molecular weight is 397 g/mol. The standard InChI is InChI=1S/C20H13F2N3O2S/c21-13-3-1-12(2-4-13)16-10-28-19-18(16)23-11-25(20(19)27)9-17(26)24-15-7-5-14(22)6-8-15/h1-8,10-11H,9H2,(H,24,26). The number of hydrogen-bond acceptors (Lipinski definition) is 4. The third-order valence-electron chi connectivity index (χ3n) is 4.14. The zero-order valence-electron chi connectivity index (χ0n) is 14.4. The van der Waals surface area contributed by atoms with E-state index in [4.69, 9.17) is 0 Å². The predicted molar refractivity (Wildman–Crippen MR) is 104 cm³/mol. The molecule has 0 aliphatic carbocycles. The summed E-state index contributed by atoms with van der Waals surface area (Å²) in [7, 11) is 0. The zero-order valence-corrected chi connectivity index (χ0v) is 15.2. The van der Waals surface area contributed by atoms with Crippen LogP contribution >= 0.6 is 11.3 Å². The molecule has 0 bridgehead atoms. The molecule has 0 aliphatic heterocycles. The smallest absolute Gasteiger partial charge is 0.271 e. The van der Waals surface area contributed by atoms with Crippen LogP contribution in [0, 0.1) is 11.6 Å². The predicted octanol–water partition coefficient (Wildman–Crippen LogP) is 4.04. The van der Waals surface area contributed by atoms with Crippen molar-refractivity contribution < 1.29 is 13.6 Å². The number of thiophene rings is 1. The van der Waals surface area contributed by atoms with E-state index in [1.807, 2.05) is 0 Å². The molecule has 5 nitrogen and oxygen atoms in total. The first-order chi connectivity index (χ1) is 13.5. The van der Waals surface area contributed by atoms with Crippen molar-refractivity contribution in [1.29, 1.82) is 0 Å². The molecule has 28 heavy (non-hydrogen) atoms. The average Bonchev–Trinajstić information content (AvgIpc) is 3.11. The maximum absolute atomic E-state index is 13.1. The highest BCUT2D eigenvalue weighted by Crippen LogP contribution is 2.30. The van der Waals surface area contributed by atoms with Gasteiger partial charge in [-0.1, -0.05) is 12.1 Å². The number of hydrogen-bond donors (Lipinski definition) is 1. The lowest BCUT2D eigenvalue weighted by Gasteiger charge is -2.07. The second-order valence-corrected chi connectivity index (χ2v) is 6.95. The molecule has 8 heteroatoms. The van der Waals surface area contributed by atoms with Crippen LogP contribution in [-0.4, -0.2) is 15.5 Å². The number of nitrogens with one attached hydrogen (secondary N) is 1. The van der Waals surface area contributed by atoms with Crippen molar-refractivity contribution in [2.45, 2.75) is 6.54 Å². The SMILES string of the molecule is O=C(Cn1cnc2c(-c3ccc(F)cc3)csc2c1=O)Nc1ccc(F)cc1. The second kappa shape index (κ2) is 7.32. The van der Waals surface area contributed by atoms with Crippen molar-refractivity contribution in [3.8, 4) is 11.1 Å². The molecule has 0 aliphatic rings. The van der Waals surface area contributed by atoms with Gasteiger partial charge in [-0.25, -0.2) is 13.8 Å². The van der Waals surface area contributed by atoms with Gasteiger partial charge in [0.2, 0.25) is 5.91 Å². The Hall–Kier alpha value is -3.39. The van der Waals surface area contributed by atoms with Crippen molar-refractivity contribution in [3.05, 3.63) is 82.2 Å². The van der Waals surface area contributed by atoms with E-state index in [2.05, 4.69) is 10.3 Å². The summed E-state index contributed by atoms with van der Waals surface area (Å²) in [6, 6.07) is 11.3. The number of benzene rings is 2. The number of carbonyl (C=O) groups is 1. The molecule has 0 saturated carbocycles. The summed E-state index contributed by atoms with van der Waals surface area (Å²) in [4.78, 5) is 29.2. The Morgan fingerprint density at radius 2 is 1.68 bits per heavy atom. The van der Waals surface area contributed by atoms with Crippen LogP contribution in [-0.2, 0) is 11.3 Å². The van der Waals surface area contributed by atoms with E-state index in [1.165, 1.54) is 58.6 Å². The Morgan fingerprint density at radius 3 is 2.36 bits per heavy atom. The molecule has 4 rings (SSSR count). The first kappa shape index (κ1) is 18.0. The highest BCUT2D eigenvalue weighted by Gasteiger charge is 2.14. The van der Waals surface area contributed by atoms with Crippen molar-refractivity contribution in [3.63, 3.8) is 0 Å². The Bertz CT molecular complexity index is 1220. The molecule has 4 aromatic rings. The van der Waals surface area contributed by atoms with Crippen molar-refractivity contribution in [2.75, 3.05) is 5.32 Å². The van der Waals surface area contributed by atoms with E-state index in [9.17, 15) is 18.4 Å². The van der Waals surface area contributed by atoms with E-state index in [1.54, 1.807) is 17.5 Å². The number of rotatable bonds is 4. The third-order valence-corrected chi connectivity index (χ3v) is 5.10. The fourth-order valence-electron chi connectivity index (χ4n) is 2.78. The van der Waals surface area contributed by atoms with Crippen molar-refractivity contribution in [1.82, 2.24) is 9.55 Å². The molecule has 0 spiro atoms. The molecule has 1 amide bonds. The van der Waals surface area contributed by atoms with Gasteiger partial charge in [0, 0.05) is 16.6 Å². The second-order valence-electron chi connectivity index (χ2n) is 6.07. The number of nitrogens with zero attached hydrogens (tertiary/aromatic N) is 2. The van der Waals surface area contributed by atoms with Gasteiger partial charge in [-0.15, -0.1) is 11.3 Å². The number of fused-ring (bicyclic) bond motifs is 1. The van der Waals surface area contributed by atoms with Gasteiger partial charge in [-0.3, -0.25) is 14.2 Å². The van der Waals surface area contributed by atoms with Crippen LogP contribution < -0.4 is 10.9 Å². The van der Waals surface area contributed by atoms with Gasteiger partial charge < -0.3 is 5.32 Å². The van der Waals surface area contributed by atoms with Gasteiger partial charge in [0.25, 0.3) is 5.56 Å². The van der Waals surface area contributed by atoms with Crippen LogP contribution in [0.5, 0.6) is 0 Å². The molecule has 0 radical (unpaired) electrons. The summed E-state index contributed by atoms with van der Waals surface area (Å²) >= 11 is 1.22. The molecule has 140 valence electrons. The largest absolute Gasteiger partial charge is 0.325 e. The maximum Gasteiger partial charge on any atom is 0.271 e. The van der Waals surface area contributed by atoms with E-state index < -0.39 is 11.7 Å². The molecule has 2 aromatic carbocycles. The lowest BCUT2D eigenvalue weighted by molar-refractivity contribution is -0.116. The molecular weight excluding hydrogens is 384 g/mol. The number of anilines is 1. The molecule has 2 aromatic heterocycles. The molecular formula is C20H13F2N3O2S. The van der Waals surface area contributed by atoms with E-state index in [0.717, 1.165) is 11.1 Å². The summed E-state index contributed by atoms with van der Waals surface area (Å²) in [5.41, 5.74) is 2.10. The van der Waals surface area contributed by atoms with Crippen LogP contribution in [0.4, 0.5) is 14.5 Å². The Balaban J connectivity index is 1.60. The molecule has 0 unspecified atom stereocenters. The highest BCUT2D eigenvalue weighted by molar-refractivity contribution is 7.17. The van der Waals surface area contributed by atoms with Gasteiger partial charge in [-0.2, -0.15) is 0 Å². The van der Waals surface area contributed by atoms with Gasteiger partial charge in [0.05, 0.1) is 11.8 Å². The summed E-state index contributed by atoms with van der Waals surface area (Å²) in [5, 5.41) is 4.39. The monoisotopic (exact) mass is 397 g/mol. The lowest BCUT2D eigenvalue weighted by atomic mass is 10.1. The minimum absolute atomic E-state index is 0.219. The van der Waals surface area contributed by atoms with Crippen LogP contribution in [0.15, 0.2) is 65.0 Å². The topological polar surface area (TPSA) is 64.0 Å². The number of amides is 1. The van der Waals surface area contributed by atoms with Gasteiger partial charge in [0.15, 0.2) is 0 Å². The third kappa shape index (κ3) is 3.54. The molecule has 0 saturated heterocycles. The van der Waals surface area contributed by atoms with E-state index in [0.29, 0.717) is 15.9 Å². The normalized spacial score (nSPS) is 10.9. The molecule has 1 N–H and O–H groups in total. The van der Waals surface area contributed by atoms with E-state index >= 15 is 0 Å². The Kier molecular flexibility index (Phi) is 4.70. The quantitative estimate of drug-likeness (QED) is 0.565. The van der Waals surface area contributed by atoms with Crippen molar-refractivity contribution >= 4 is 33.1 Å². The lowest BCUT2D eigenvalue weighted by Crippen LogP contribution is -2.27. The Labute approximate surface area is 161 Å². The van der Waals surface area contributed by atoms with Crippen LogP contribution in [0.25, 0.3) is 21.3 Å². The minimum atomic E-state index is -0.426. The van der Waals surface area contributed by atoms with Crippen molar-refractivity contribution in [2.24, 2.45) is 0 Å². The number of carbonyl (C=O) groups excluding carboxylic acids is 1. The summed E-state index contributed by atoms with van der Waals surface area (Å²) < 4.78 is 27.7. The maximum atomic E-state index is 13.1. The first-order valence-electron chi connectivity index (χ1n) is 8.29. The fourth-order valence-corrected chi connectivity index (χ4v) is 3.75. The van der Waals surface area contributed by atoms with Crippen LogP contribution in [0.2, 0.25) is 0 Å². The van der Waals surface area contributed by atoms with Gasteiger partial charge in [-0.05, 0) is 42.0 Å². The highest BCUT2D eigenvalue weighted by atomic mass is 32.1. The number of halogens is 2. The molecule has 0 fully saturated rings. The van der Waals surface area contributed by atoms with Gasteiger partial charge in [0.1, 0.15) is 22.9 Å². The van der Waals surface area contributed by atoms with Gasteiger partial charge >= 0.3 is 0 Å². The minimum Gasteiger partial charge on any atom is -0.325 e. The van der Waals surface area contributed by atoms with Crippen LogP contribution in [0.1, 0.15) is 0 Å². The summed E-state index contributed by atoms with van der Waals surface area (Å²) in [5.74, 6) is -1.17. The van der Waals surface area contributed by atoms with E-state index in [-0.39, 0.29) is 17.9 Å². The fraction of sp³-hybridized carbons (Fsp3) is 0.0500.